The van der Waals surface area contributed by atoms with Gasteiger partial charge in [-0.05, 0) is 18.8 Å². The molecule has 0 amide bonds. The first-order valence-electron chi connectivity index (χ1n) is 3.96. The van der Waals surface area contributed by atoms with Gasteiger partial charge in [0.15, 0.2) is 0 Å². The molecule has 62 valence electrons. The zero-order valence-electron chi connectivity index (χ0n) is 6.97. The summed E-state index contributed by atoms with van der Waals surface area (Å²) in [5.74, 6) is 0.762. The molecular weight excluding hydrogens is 128 g/mol. The SMILES string of the molecule is CC(C)CCCOCCO. The molecule has 0 aliphatic carbocycles. The Morgan fingerprint density at radius 2 is 2.00 bits per heavy atom. The Morgan fingerprint density at radius 1 is 1.30 bits per heavy atom. The summed E-state index contributed by atoms with van der Waals surface area (Å²) in [6.07, 6.45) is 2.32. The van der Waals surface area contributed by atoms with E-state index in [1.165, 1.54) is 6.42 Å². The van der Waals surface area contributed by atoms with E-state index in [2.05, 4.69) is 13.8 Å². The molecule has 0 rings (SSSR count). The van der Waals surface area contributed by atoms with Gasteiger partial charge in [0.1, 0.15) is 0 Å². The van der Waals surface area contributed by atoms with Crippen molar-refractivity contribution in [1.82, 2.24) is 0 Å². The van der Waals surface area contributed by atoms with E-state index >= 15 is 0 Å². The average Bonchev–Trinajstić information content (AvgIpc) is 1.87. The van der Waals surface area contributed by atoms with Crippen molar-refractivity contribution in [3.05, 3.63) is 0 Å². The van der Waals surface area contributed by atoms with Gasteiger partial charge >= 0.3 is 0 Å². The molecule has 0 atom stereocenters. The zero-order valence-corrected chi connectivity index (χ0v) is 6.97. The minimum Gasteiger partial charge on any atom is -0.394 e. The minimum absolute atomic E-state index is 0.141. The van der Waals surface area contributed by atoms with E-state index in [1.807, 2.05) is 0 Å². The van der Waals surface area contributed by atoms with E-state index in [4.69, 9.17) is 9.84 Å². The predicted octanol–water partition coefficient (Wildman–Crippen LogP) is 1.43. The highest BCUT2D eigenvalue weighted by molar-refractivity contribution is 4.44. The second-order valence-corrected chi connectivity index (χ2v) is 2.87. The molecule has 0 heterocycles. The first-order chi connectivity index (χ1) is 4.77. The van der Waals surface area contributed by atoms with Crippen LogP contribution in [0.5, 0.6) is 0 Å². The Morgan fingerprint density at radius 3 is 2.50 bits per heavy atom. The summed E-state index contributed by atoms with van der Waals surface area (Å²) in [6.45, 7) is 5.82. The van der Waals surface area contributed by atoms with Gasteiger partial charge < -0.3 is 9.84 Å². The summed E-state index contributed by atoms with van der Waals surface area (Å²) >= 11 is 0. The number of hydrogen-bond donors (Lipinski definition) is 1. The van der Waals surface area contributed by atoms with Crippen LogP contribution in [0.15, 0.2) is 0 Å². The third kappa shape index (κ3) is 7.92. The summed E-state index contributed by atoms with van der Waals surface area (Å²) in [7, 11) is 0. The average molecular weight is 146 g/mol. The van der Waals surface area contributed by atoms with Gasteiger partial charge in [-0.25, -0.2) is 0 Å². The molecule has 10 heavy (non-hydrogen) atoms. The van der Waals surface area contributed by atoms with Crippen LogP contribution in [-0.4, -0.2) is 24.9 Å². The van der Waals surface area contributed by atoms with Crippen molar-refractivity contribution in [3.63, 3.8) is 0 Å². The fraction of sp³-hybridized carbons (Fsp3) is 1.00. The Bertz CT molecular complexity index is 62.3. The molecular formula is C8H18O2. The lowest BCUT2D eigenvalue weighted by Crippen LogP contribution is -2.01. The smallest absolute Gasteiger partial charge is 0.0697 e. The monoisotopic (exact) mass is 146 g/mol. The van der Waals surface area contributed by atoms with Gasteiger partial charge in [-0.3, -0.25) is 0 Å². The van der Waals surface area contributed by atoms with Crippen molar-refractivity contribution in [2.75, 3.05) is 19.8 Å². The Hall–Kier alpha value is -0.0800. The molecule has 0 aliphatic rings. The molecule has 0 saturated carbocycles. The van der Waals surface area contributed by atoms with Gasteiger partial charge in [-0.2, -0.15) is 0 Å². The minimum atomic E-state index is 0.141. The van der Waals surface area contributed by atoms with Crippen LogP contribution < -0.4 is 0 Å². The number of rotatable bonds is 6. The van der Waals surface area contributed by atoms with Crippen molar-refractivity contribution < 1.29 is 9.84 Å². The van der Waals surface area contributed by atoms with E-state index in [-0.39, 0.29) is 6.61 Å². The largest absolute Gasteiger partial charge is 0.394 e. The van der Waals surface area contributed by atoms with Gasteiger partial charge in [-0.1, -0.05) is 13.8 Å². The Kier molecular flexibility index (Phi) is 6.98. The molecule has 2 heteroatoms. The van der Waals surface area contributed by atoms with E-state index in [9.17, 15) is 0 Å². The summed E-state index contributed by atoms with van der Waals surface area (Å²) < 4.78 is 5.08. The molecule has 0 aliphatic heterocycles. The standard InChI is InChI=1S/C8H18O2/c1-8(2)4-3-6-10-7-5-9/h8-9H,3-7H2,1-2H3. The lowest BCUT2D eigenvalue weighted by Gasteiger charge is -2.03. The predicted molar refractivity (Wildman–Crippen MR) is 42.0 cm³/mol. The van der Waals surface area contributed by atoms with E-state index in [0.717, 1.165) is 18.9 Å². The molecule has 0 unspecified atom stereocenters. The van der Waals surface area contributed by atoms with Crippen molar-refractivity contribution in [1.29, 1.82) is 0 Å². The third-order valence-electron chi connectivity index (χ3n) is 1.31. The van der Waals surface area contributed by atoms with Crippen LogP contribution in [0, 0.1) is 5.92 Å². The zero-order chi connectivity index (χ0) is 7.82. The van der Waals surface area contributed by atoms with Gasteiger partial charge in [0, 0.05) is 6.61 Å². The second kappa shape index (κ2) is 7.03. The summed E-state index contributed by atoms with van der Waals surface area (Å²) in [5.41, 5.74) is 0. The third-order valence-corrected chi connectivity index (χ3v) is 1.31. The topological polar surface area (TPSA) is 29.5 Å². The molecule has 0 aromatic carbocycles. The quantitative estimate of drug-likeness (QED) is 0.574. The van der Waals surface area contributed by atoms with Crippen LogP contribution in [-0.2, 0) is 4.74 Å². The molecule has 2 nitrogen and oxygen atoms in total. The molecule has 0 bridgehead atoms. The van der Waals surface area contributed by atoms with Crippen LogP contribution in [0.3, 0.4) is 0 Å². The highest BCUT2D eigenvalue weighted by Crippen LogP contribution is 2.02. The lowest BCUT2D eigenvalue weighted by molar-refractivity contribution is 0.0883. The van der Waals surface area contributed by atoms with Gasteiger partial charge in [0.05, 0.1) is 13.2 Å². The first kappa shape index (κ1) is 9.92. The summed E-state index contributed by atoms with van der Waals surface area (Å²) in [6, 6.07) is 0. The molecule has 0 spiro atoms. The fourth-order valence-corrected chi connectivity index (χ4v) is 0.760. The fourth-order valence-electron chi connectivity index (χ4n) is 0.760. The van der Waals surface area contributed by atoms with Crippen LogP contribution >= 0.6 is 0 Å². The summed E-state index contributed by atoms with van der Waals surface area (Å²) in [5, 5.41) is 8.35. The van der Waals surface area contributed by atoms with E-state index in [0.29, 0.717) is 6.61 Å². The molecule has 0 fully saturated rings. The first-order valence-corrected chi connectivity index (χ1v) is 3.96. The van der Waals surface area contributed by atoms with Crippen molar-refractivity contribution in [2.45, 2.75) is 26.7 Å². The number of hydrogen-bond acceptors (Lipinski definition) is 2. The van der Waals surface area contributed by atoms with E-state index in [1.54, 1.807) is 0 Å². The molecule has 0 saturated heterocycles. The van der Waals surface area contributed by atoms with Crippen LogP contribution in [0.25, 0.3) is 0 Å². The lowest BCUT2D eigenvalue weighted by atomic mass is 10.1. The van der Waals surface area contributed by atoms with Crippen molar-refractivity contribution in [2.24, 2.45) is 5.92 Å². The van der Waals surface area contributed by atoms with Gasteiger partial charge in [0.25, 0.3) is 0 Å². The van der Waals surface area contributed by atoms with Crippen LogP contribution in [0.4, 0.5) is 0 Å². The molecule has 0 aromatic heterocycles. The maximum atomic E-state index is 8.35. The highest BCUT2D eigenvalue weighted by atomic mass is 16.5. The maximum Gasteiger partial charge on any atom is 0.0697 e. The molecule has 1 N–H and O–H groups in total. The Balaban J connectivity index is 2.77. The number of aliphatic hydroxyl groups is 1. The van der Waals surface area contributed by atoms with Gasteiger partial charge in [-0.15, -0.1) is 0 Å². The summed E-state index contributed by atoms with van der Waals surface area (Å²) in [4.78, 5) is 0. The second-order valence-electron chi connectivity index (χ2n) is 2.87. The Labute approximate surface area is 63.2 Å². The maximum absolute atomic E-state index is 8.35. The van der Waals surface area contributed by atoms with Crippen LogP contribution in [0.2, 0.25) is 0 Å². The van der Waals surface area contributed by atoms with Crippen molar-refractivity contribution >= 4 is 0 Å². The number of aliphatic hydroxyl groups excluding tert-OH is 1. The van der Waals surface area contributed by atoms with E-state index < -0.39 is 0 Å². The highest BCUT2D eigenvalue weighted by Gasteiger charge is 1.92. The normalized spacial score (nSPS) is 10.8. The van der Waals surface area contributed by atoms with Crippen LogP contribution in [0.1, 0.15) is 26.7 Å². The number of ether oxygens (including phenoxy) is 1. The van der Waals surface area contributed by atoms with Crippen molar-refractivity contribution in [3.8, 4) is 0 Å². The van der Waals surface area contributed by atoms with Gasteiger partial charge in [0.2, 0.25) is 0 Å². The molecule has 0 radical (unpaired) electrons. The molecule has 0 aromatic rings.